The summed E-state index contributed by atoms with van der Waals surface area (Å²) < 4.78 is 0. The molecule has 1 aromatic carbocycles. The monoisotopic (exact) mass is 338 g/mol. The Hall–Kier alpha value is -2.89. The van der Waals surface area contributed by atoms with Crippen molar-refractivity contribution in [1.29, 1.82) is 0 Å². The van der Waals surface area contributed by atoms with E-state index in [4.69, 9.17) is 0 Å². The number of nitrogens with one attached hydrogen (secondary N) is 1. The van der Waals surface area contributed by atoms with Gasteiger partial charge in [0.2, 0.25) is 0 Å². The zero-order valence-corrected chi connectivity index (χ0v) is 14.7. The van der Waals surface area contributed by atoms with Crippen LogP contribution in [0.3, 0.4) is 0 Å². The van der Waals surface area contributed by atoms with Gasteiger partial charge in [-0.3, -0.25) is 14.7 Å². The quantitative estimate of drug-likeness (QED) is 0.932. The van der Waals surface area contributed by atoms with Gasteiger partial charge in [0, 0.05) is 37.6 Å². The molecule has 130 valence electrons. The number of hydrogen-bond acceptors (Lipinski definition) is 3. The van der Waals surface area contributed by atoms with Crippen molar-refractivity contribution in [3.8, 4) is 0 Å². The van der Waals surface area contributed by atoms with Crippen molar-refractivity contribution in [1.82, 2.24) is 15.2 Å². The van der Waals surface area contributed by atoms with Gasteiger partial charge in [-0.05, 0) is 43.7 Å². The zero-order valence-electron chi connectivity index (χ0n) is 14.7. The van der Waals surface area contributed by atoms with Crippen molar-refractivity contribution in [2.24, 2.45) is 0 Å². The van der Waals surface area contributed by atoms with E-state index in [1.54, 1.807) is 35.2 Å². The molecule has 1 N–H and O–H groups in total. The minimum atomic E-state index is -0.145. The molecule has 0 unspecified atom stereocenters. The molecule has 1 aliphatic heterocycles. The Labute approximate surface area is 147 Å². The van der Waals surface area contributed by atoms with Crippen LogP contribution >= 0.6 is 0 Å². The molecule has 0 saturated carbocycles. The summed E-state index contributed by atoms with van der Waals surface area (Å²) in [6.45, 7) is 5.11. The second-order valence-corrected chi connectivity index (χ2v) is 6.23. The van der Waals surface area contributed by atoms with Crippen LogP contribution in [0.5, 0.6) is 0 Å². The van der Waals surface area contributed by atoms with Gasteiger partial charge in [-0.1, -0.05) is 12.1 Å². The SMILES string of the molecule is Cc1ccc(C(=O)N(C)[C@H](C)c2ccccn2)cc1N1CCNC1=O. The number of aromatic nitrogens is 1. The molecule has 6 heteroatoms. The summed E-state index contributed by atoms with van der Waals surface area (Å²) in [5.41, 5.74) is 3.14. The molecule has 3 rings (SSSR count). The van der Waals surface area contributed by atoms with Crippen LogP contribution in [0.2, 0.25) is 0 Å². The van der Waals surface area contributed by atoms with Gasteiger partial charge in [0.15, 0.2) is 0 Å². The molecule has 0 aliphatic carbocycles. The lowest BCUT2D eigenvalue weighted by atomic mass is 10.1. The van der Waals surface area contributed by atoms with Crippen molar-refractivity contribution < 1.29 is 9.59 Å². The van der Waals surface area contributed by atoms with Gasteiger partial charge in [0.25, 0.3) is 5.91 Å². The maximum atomic E-state index is 12.9. The van der Waals surface area contributed by atoms with Crippen LogP contribution in [0.1, 0.15) is 34.6 Å². The fraction of sp³-hybridized carbons (Fsp3) is 0.316. The molecule has 3 amide bonds. The molecular formula is C19H22N4O2. The van der Waals surface area contributed by atoms with Crippen LogP contribution in [0, 0.1) is 6.92 Å². The molecule has 25 heavy (non-hydrogen) atoms. The van der Waals surface area contributed by atoms with Crippen LogP contribution in [0.4, 0.5) is 10.5 Å². The molecule has 1 aromatic heterocycles. The number of nitrogens with zero attached hydrogens (tertiary/aromatic N) is 3. The Morgan fingerprint density at radius 3 is 2.76 bits per heavy atom. The van der Waals surface area contributed by atoms with E-state index in [9.17, 15) is 9.59 Å². The van der Waals surface area contributed by atoms with E-state index in [1.165, 1.54) is 0 Å². The first-order valence-corrected chi connectivity index (χ1v) is 8.33. The van der Waals surface area contributed by atoms with Crippen LogP contribution in [-0.4, -0.2) is 42.0 Å². The summed E-state index contributed by atoms with van der Waals surface area (Å²) in [7, 11) is 1.77. The highest BCUT2D eigenvalue weighted by Gasteiger charge is 2.25. The number of rotatable bonds is 4. The van der Waals surface area contributed by atoms with E-state index >= 15 is 0 Å². The fourth-order valence-corrected chi connectivity index (χ4v) is 2.94. The van der Waals surface area contributed by atoms with Gasteiger partial charge < -0.3 is 10.2 Å². The number of carbonyl (C=O) groups is 2. The highest BCUT2D eigenvalue weighted by molar-refractivity contribution is 5.99. The standard InChI is InChI=1S/C19H22N4O2/c1-13-7-8-15(12-17(13)23-11-10-21-19(23)25)18(24)22(3)14(2)16-6-4-5-9-20-16/h4-9,12,14H,10-11H2,1-3H3,(H,21,25)/t14-/m1/s1. The number of aryl methyl sites for hydroxylation is 1. The number of amides is 3. The van der Waals surface area contributed by atoms with Gasteiger partial charge in [0.1, 0.15) is 0 Å². The van der Waals surface area contributed by atoms with Crippen LogP contribution in [0.25, 0.3) is 0 Å². The third kappa shape index (κ3) is 3.33. The average molecular weight is 338 g/mol. The summed E-state index contributed by atoms with van der Waals surface area (Å²) in [4.78, 5) is 32.5. The lowest BCUT2D eigenvalue weighted by molar-refractivity contribution is 0.0740. The van der Waals surface area contributed by atoms with Gasteiger partial charge in [-0.25, -0.2) is 4.79 Å². The summed E-state index contributed by atoms with van der Waals surface area (Å²) in [5, 5.41) is 2.79. The normalized spacial score (nSPS) is 15.0. The Morgan fingerprint density at radius 1 is 1.32 bits per heavy atom. The minimum absolute atomic E-state index is 0.0981. The molecule has 0 bridgehead atoms. The summed E-state index contributed by atoms with van der Waals surface area (Å²) in [6, 6.07) is 10.9. The number of pyridine rings is 1. The highest BCUT2D eigenvalue weighted by atomic mass is 16.2. The molecule has 6 nitrogen and oxygen atoms in total. The molecule has 1 atom stereocenters. The van der Waals surface area contributed by atoms with Crippen molar-refractivity contribution in [2.75, 3.05) is 25.0 Å². The average Bonchev–Trinajstić information content (AvgIpc) is 3.07. The second kappa shape index (κ2) is 6.93. The predicted molar refractivity (Wildman–Crippen MR) is 96.7 cm³/mol. The number of benzene rings is 1. The Kier molecular flexibility index (Phi) is 4.70. The van der Waals surface area contributed by atoms with Gasteiger partial charge in [-0.2, -0.15) is 0 Å². The molecule has 1 aliphatic rings. The number of anilines is 1. The Bertz CT molecular complexity index is 791. The van der Waals surface area contributed by atoms with E-state index in [1.807, 2.05) is 38.1 Å². The van der Waals surface area contributed by atoms with Crippen LogP contribution in [-0.2, 0) is 0 Å². The molecule has 2 heterocycles. The maximum absolute atomic E-state index is 12.9. The number of urea groups is 1. The topological polar surface area (TPSA) is 65.5 Å². The van der Waals surface area contributed by atoms with Crippen molar-refractivity contribution >= 4 is 17.6 Å². The van der Waals surface area contributed by atoms with Crippen LogP contribution < -0.4 is 10.2 Å². The molecule has 2 aromatic rings. The molecule has 0 radical (unpaired) electrons. The number of hydrogen-bond donors (Lipinski definition) is 1. The lowest BCUT2D eigenvalue weighted by Gasteiger charge is -2.25. The Morgan fingerprint density at radius 2 is 2.12 bits per heavy atom. The van der Waals surface area contributed by atoms with Gasteiger partial charge in [0.05, 0.1) is 11.7 Å². The van der Waals surface area contributed by atoms with Crippen molar-refractivity contribution in [2.45, 2.75) is 19.9 Å². The predicted octanol–water partition coefficient (Wildman–Crippen LogP) is 2.75. The van der Waals surface area contributed by atoms with E-state index in [0.29, 0.717) is 18.7 Å². The van der Waals surface area contributed by atoms with E-state index in [-0.39, 0.29) is 18.0 Å². The maximum Gasteiger partial charge on any atom is 0.322 e. The third-order valence-electron chi connectivity index (χ3n) is 4.62. The first kappa shape index (κ1) is 17.0. The van der Waals surface area contributed by atoms with Crippen molar-refractivity contribution in [3.05, 3.63) is 59.4 Å². The zero-order chi connectivity index (χ0) is 18.0. The van der Waals surface area contributed by atoms with Crippen LogP contribution in [0.15, 0.2) is 42.6 Å². The number of carbonyl (C=O) groups excluding carboxylic acids is 2. The van der Waals surface area contributed by atoms with Crippen molar-refractivity contribution in [3.63, 3.8) is 0 Å². The van der Waals surface area contributed by atoms with E-state index in [0.717, 1.165) is 16.9 Å². The summed E-state index contributed by atoms with van der Waals surface area (Å²) in [6.07, 6.45) is 1.72. The van der Waals surface area contributed by atoms with E-state index in [2.05, 4.69) is 10.3 Å². The summed E-state index contributed by atoms with van der Waals surface area (Å²) >= 11 is 0. The smallest absolute Gasteiger partial charge is 0.322 e. The molecule has 1 saturated heterocycles. The minimum Gasteiger partial charge on any atom is -0.336 e. The lowest BCUT2D eigenvalue weighted by Crippen LogP contribution is -2.31. The Balaban J connectivity index is 1.86. The second-order valence-electron chi connectivity index (χ2n) is 6.23. The largest absolute Gasteiger partial charge is 0.336 e. The summed E-state index contributed by atoms with van der Waals surface area (Å²) in [5.74, 6) is -0.0981. The van der Waals surface area contributed by atoms with Gasteiger partial charge >= 0.3 is 6.03 Å². The molecular weight excluding hydrogens is 316 g/mol. The molecule has 0 spiro atoms. The third-order valence-corrected chi connectivity index (χ3v) is 4.62. The first-order valence-electron chi connectivity index (χ1n) is 8.33. The first-order chi connectivity index (χ1) is 12.0. The molecule has 1 fully saturated rings. The highest BCUT2D eigenvalue weighted by Crippen LogP contribution is 2.25. The van der Waals surface area contributed by atoms with E-state index < -0.39 is 0 Å². The van der Waals surface area contributed by atoms with Gasteiger partial charge in [-0.15, -0.1) is 0 Å². The fourth-order valence-electron chi connectivity index (χ4n) is 2.94.